The average molecular weight is 230 g/mol. The molecule has 0 fully saturated rings. The van der Waals surface area contributed by atoms with Gasteiger partial charge < -0.3 is 5.32 Å². The molecular formula is C13H18N4. The predicted octanol–water partition coefficient (Wildman–Crippen LogP) is 1.86. The Labute approximate surface area is 102 Å². The number of aromatic nitrogens is 3. The molecule has 0 amide bonds. The monoisotopic (exact) mass is 230 g/mol. The number of hydrogen-bond donors (Lipinski definition) is 1. The second kappa shape index (κ2) is 5.10. The zero-order valence-corrected chi connectivity index (χ0v) is 10.5. The molecule has 4 heteroatoms. The molecule has 1 atom stereocenters. The van der Waals surface area contributed by atoms with Crippen LogP contribution in [-0.2, 0) is 6.54 Å². The fourth-order valence-electron chi connectivity index (χ4n) is 1.99. The van der Waals surface area contributed by atoms with E-state index >= 15 is 0 Å². The summed E-state index contributed by atoms with van der Waals surface area (Å²) >= 11 is 0. The standard InChI is InChI=1S/C13H18N4/c1-10-4-5-11(2)12(6-10)13(14-3)7-17-9-15-8-16-17/h4-6,8-9,13-14H,7H2,1-3H3. The van der Waals surface area contributed by atoms with Crippen LogP contribution in [0.25, 0.3) is 0 Å². The zero-order valence-electron chi connectivity index (χ0n) is 10.5. The van der Waals surface area contributed by atoms with Crippen LogP contribution in [0.4, 0.5) is 0 Å². The van der Waals surface area contributed by atoms with Crippen molar-refractivity contribution in [1.82, 2.24) is 20.1 Å². The fraction of sp³-hybridized carbons (Fsp3) is 0.385. The summed E-state index contributed by atoms with van der Waals surface area (Å²) in [6.07, 6.45) is 3.31. The van der Waals surface area contributed by atoms with Gasteiger partial charge in [0.05, 0.1) is 12.6 Å². The molecule has 0 spiro atoms. The van der Waals surface area contributed by atoms with Gasteiger partial charge in [0.2, 0.25) is 0 Å². The minimum atomic E-state index is 0.261. The SMILES string of the molecule is CNC(Cn1cncn1)c1cc(C)ccc1C. The fourth-order valence-corrected chi connectivity index (χ4v) is 1.99. The van der Waals surface area contributed by atoms with E-state index in [1.165, 1.54) is 16.7 Å². The molecule has 0 radical (unpaired) electrons. The van der Waals surface area contributed by atoms with E-state index in [-0.39, 0.29) is 6.04 Å². The summed E-state index contributed by atoms with van der Waals surface area (Å²) < 4.78 is 1.85. The molecule has 2 rings (SSSR count). The molecule has 4 nitrogen and oxygen atoms in total. The normalized spacial score (nSPS) is 12.6. The molecule has 2 aromatic rings. The molecule has 0 aliphatic rings. The molecular weight excluding hydrogens is 212 g/mol. The summed E-state index contributed by atoms with van der Waals surface area (Å²) in [5, 5.41) is 7.48. The predicted molar refractivity (Wildman–Crippen MR) is 67.7 cm³/mol. The molecule has 1 heterocycles. The third-order valence-corrected chi connectivity index (χ3v) is 2.99. The second-order valence-corrected chi connectivity index (χ2v) is 4.32. The van der Waals surface area contributed by atoms with E-state index in [9.17, 15) is 0 Å². The van der Waals surface area contributed by atoms with Crippen LogP contribution >= 0.6 is 0 Å². The zero-order chi connectivity index (χ0) is 12.3. The van der Waals surface area contributed by atoms with Crippen molar-refractivity contribution in [3.05, 3.63) is 47.5 Å². The van der Waals surface area contributed by atoms with E-state index in [0.29, 0.717) is 0 Å². The van der Waals surface area contributed by atoms with Gasteiger partial charge in [0.25, 0.3) is 0 Å². The van der Waals surface area contributed by atoms with Crippen LogP contribution in [0, 0.1) is 13.8 Å². The molecule has 0 bridgehead atoms. The van der Waals surface area contributed by atoms with Gasteiger partial charge >= 0.3 is 0 Å². The van der Waals surface area contributed by atoms with Crippen LogP contribution in [0.2, 0.25) is 0 Å². The van der Waals surface area contributed by atoms with Crippen molar-refractivity contribution in [2.24, 2.45) is 0 Å². The first kappa shape index (κ1) is 11.8. The largest absolute Gasteiger partial charge is 0.311 e. The number of nitrogens with zero attached hydrogens (tertiary/aromatic N) is 3. The maximum atomic E-state index is 4.15. The average Bonchev–Trinajstić information content (AvgIpc) is 2.82. The number of nitrogens with one attached hydrogen (secondary N) is 1. The Hall–Kier alpha value is -1.68. The highest BCUT2D eigenvalue weighted by molar-refractivity contribution is 5.32. The first-order chi connectivity index (χ1) is 8.20. The third-order valence-electron chi connectivity index (χ3n) is 2.99. The highest BCUT2D eigenvalue weighted by Crippen LogP contribution is 2.20. The van der Waals surface area contributed by atoms with Gasteiger partial charge in [0.1, 0.15) is 12.7 Å². The van der Waals surface area contributed by atoms with Gasteiger partial charge in [0, 0.05) is 0 Å². The minimum Gasteiger partial charge on any atom is -0.311 e. The van der Waals surface area contributed by atoms with Crippen LogP contribution in [0.1, 0.15) is 22.7 Å². The highest BCUT2D eigenvalue weighted by Gasteiger charge is 2.12. The van der Waals surface area contributed by atoms with Crippen LogP contribution in [0.15, 0.2) is 30.9 Å². The lowest BCUT2D eigenvalue weighted by molar-refractivity contribution is 0.466. The number of aryl methyl sites for hydroxylation is 2. The number of benzene rings is 1. The van der Waals surface area contributed by atoms with E-state index in [1.807, 2.05) is 11.7 Å². The maximum Gasteiger partial charge on any atom is 0.137 e. The summed E-state index contributed by atoms with van der Waals surface area (Å²) in [6.45, 7) is 5.05. The van der Waals surface area contributed by atoms with Crippen LogP contribution in [0.3, 0.4) is 0 Å². The number of likely N-dealkylation sites (N-methyl/N-ethyl adjacent to an activating group) is 1. The molecule has 17 heavy (non-hydrogen) atoms. The Morgan fingerprint density at radius 3 is 2.82 bits per heavy atom. The third kappa shape index (κ3) is 2.71. The van der Waals surface area contributed by atoms with E-state index in [2.05, 4.69) is 47.4 Å². The van der Waals surface area contributed by atoms with Crippen LogP contribution < -0.4 is 5.32 Å². The lowest BCUT2D eigenvalue weighted by Gasteiger charge is -2.19. The van der Waals surface area contributed by atoms with Gasteiger partial charge in [-0.25, -0.2) is 4.98 Å². The Balaban J connectivity index is 2.25. The Kier molecular flexibility index (Phi) is 3.54. The van der Waals surface area contributed by atoms with Gasteiger partial charge in [-0.05, 0) is 32.0 Å². The minimum absolute atomic E-state index is 0.261. The van der Waals surface area contributed by atoms with E-state index in [0.717, 1.165) is 6.54 Å². The lowest BCUT2D eigenvalue weighted by Crippen LogP contribution is -2.23. The quantitative estimate of drug-likeness (QED) is 0.871. The number of rotatable bonds is 4. The summed E-state index contributed by atoms with van der Waals surface area (Å²) in [7, 11) is 1.98. The number of hydrogen-bond acceptors (Lipinski definition) is 3. The van der Waals surface area contributed by atoms with Crippen LogP contribution in [-0.4, -0.2) is 21.8 Å². The van der Waals surface area contributed by atoms with Crippen molar-refractivity contribution in [1.29, 1.82) is 0 Å². The Morgan fingerprint density at radius 1 is 1.35 bits per heavy atom. The highest BCUT2D eigenvalue weighted by atomic mass is 15.3. The van der Waals surface area contributed by atoms with Gasteiger partial charge in [-0.1, -0.05) is 23.8 Å². The van der Waals surface area contributed by atoms with Gasteiger partial charge in [-0.15, -0.1) is 0 Å². The summed E-state index contributed by atoms with van der Waals surface area (Å²) in [5.41, 5.74) is 3.91. The first-order valence-corrected chi connectivity index (χ1v) is 5.77. The topological polar surface area (TPSA) is 42.7 Å². The second-order valence-electron chi connectivity index (χ2n) is 4.32. The van der Waals surface area contributed by atoms with E-state index in [4.69, 9.17) is 0 Å². The summed E-state index contributed by atoms with van der Waals surface area (Å²) in [5.74, 6) is 0. The Morgan fingerprint density at radius 2 is 2.18 bits per heavy atom. The van der Waals surface area contributed by atoms with Crippen molar-refractivity contribution in [3.8, 4) is 0 Å². The smallest absolute Gasteiger partial charge is 0.137 e. The molecule has 1 N–H and O–H groups in total. The molecule has 0 aliphatic carbocycles. The van der Waals surface area contributed by atoms with Crippen molar-refractivity contribution >= 4 is 0 Å². The molecule has 0 saturated carbocycles. The summed E-state index contributed by atoms with van der Waals surface area (Å²) in [6, 6.07) is 6.79. The van der Waals surface area contributed by atoms with Gasteiger partial charge in [0.15, 0.2) is 0 Å². The molecule has 1 aromatic carbocycles. The van der Waals surface area contributed by atoms with Crippen molar-refractivity contribution < 1.29 is 0 Å². The van der Waals surface area contributed by atoms with Crippen molar-refractivity contribution in [3.63, 3.8) is 0 Å². The molecule has 1 aromatic heterocycles. The van der Waals surface area contributed by atoms with E-state index < -0.39 is 0 Å². The lowest BCUT2D eigenvalue weighted by atomic mass is 9.99. The van der Waals surface area contributed by atoms with Crippen LogP contribution in [0.5, 0.6) is 0 Å². The van der Waals surface area contributed by atoms with E-state index in [1.54, 1.807) is 12.7 Å². The van der Waals surface area contributed by atoms with Crippen molar-refractivity contribution in [2.75, 3.05) is 7.05 Å². The Bertz CT molecular complexity index is 476. The molecule has 0 aliphatic heterocycles. The summed E-state index contributed by atoms with van der Waals surface area (Å²) in [4.78, 5) is 3.97. The maximum absolute atomic E-state index is 4.15. The van der Waals surface area contributed by atoms with Crippen molar-refractivity contribution in [2.45, 2.75) is 26.4 Å². The molecule has 90 valence electrons. The first-order valence-electron chi connectivity index (χ1n) is 5.77. The van der Waals surface area contributed by atoms with Gasteiger partial charge in [-0.3, -0.25) is 4.68 Å². The molecule has 1 unspecified atom stereocenters. The van der Waals surface area contributed by atoms with Gasteiger partial charge in [-0.2, -0.15) is 5.10 Å². The molecule has 0 saturated heterocycles.